The second kappa shape index (κ2) is 6.13. The molecule has 94 valence electrons. The summed E-state index contributed by atoms with van der Waals surface area (Å²) in [6.45, 7) is 2.10. The van der Waals surface area contributed by atoms with Gasteiger partial charge in [-0.15, -0.1) is 0 Å². The first-order chi connectivity index (χ1) is 8.56. The van der Waals surface area contributed by atoms with Crippen LogP contribution in [-0.4, -0.2) is 0 Å². The van der Waals surface area contributed by atoms with E-state index >= 15 is 0 Å². The molecular weight excluding hydrogens is 380 g/mol. The van der Waals surface area contributed by atoms with Crippen LogP contribution in [0.1, 0.15) is 18.5 Å². The van der Waals surface area contributed by atoms with Crippen molar-refractivity contribution >= 4 is 51.5 Å². The summed E-state index contributed by atoms with van der Waals surface area (Å²) in [4.78, 5) is 0. The molecule has 1 nitrogen and oxygen atoms in total. The Morgan fingerprint density at radius 3 is 2.50 bits per heavy atom. The standard InChI is InChI=1S/C14H12Cl2IN/c1-9(10-5-6-13(15)14(16)7-10)18-12-4-2-3-11(17)8-12/h2-9,18H,1H3. The molecule has 0 fully saturated rings. The maximum absolute atomic E-state index is 6.03. The number of hydrogen-bond acceptors (Lipinski definition) is 1. The van der Waals surface area contributed by atoms with Crippen LogP contribution in [0.4, 0.5) is 5.69 Å². The van der Waals surface area contributed by atoms with E-state index in [0.717, 1.165) is 11.3 Å². The zero-order chi connectivity index (χ0) is 13.1. The van der Waals surface area contributed by atoms with Crippen LogP contribution in [0.15, 0.2) is 42.5 Å². The van der Waals surface area contributed by atoms with Gasteiger partial charge in [0.05, 0.1) is 10.0 Å². The summed E-state index contributed by atoms with van der Waals surface area (Å²) >= 11 is 14.2. The Kier molecular flexibility index (Phi) is 4.76. The zero-order valence-electron chi connectivity index (χ0n) is 9.75. The van der Waals surface area contributed by atoms with E-state index in [9.17, 15) is 0 Å². The first-order valence-corrected chi connectivity index (χ1v) is 7.37. The maximum Gasteiger partial charge on any atom is 0.0595 e. The molecule has 0 bridgehead atoms. The largest absolute Gasteiger partial charge is 0.378 e. The van der Waals surface area contributed by atoms with Crippen molar-refractivity contribution in [2.45, 2.75) is 13.0 Å². The number of benzene rings is 2. The fourth-order valence-corrected chi connectivity index (χ4v) is 2.54. The van der Waals surface area contributed by atoms with Gasteiger partial charge in [-0.05, 0) is 65.4 Å². The third kappa shape index (κ3) is 3.53. The van der Waals surface area contributed by atoms with E-state index in [0.29, 0.717) is 10.0 Å². The predicted octanol–water partition coefficient (Wildman–Crippen LogP) is 5.77. The maximum atomic E-state index is 6.03. The van der Waals surface area contributed by atoms with E-state index in [-0.39, 0.29) is 6.04 Å². The fourth-order valence-electron chi connectivity index (χ4n) is 1.69. The lowest BCUT2D eigenvalue weighted by Crippen LogP contribution is -2.06. The second-order valence-electron chi connectivity index (χ2n) is 4.05. The SMILES string of the molecule is CC(Nc1cccc(I)c1)c1ccc(Cl)c(Cl)c1. The molecule has 18 heavy (non-hydrogen) atoms. The first kappa shape index (κ1) is 14.0. The number of hydrogen-bond donors (Lipinski definition) is 1. The lowest BCUT2D eigenvalue weighted by atomic mass is 10.1. The summed E-state index contributed by atoms with van der Waals surface area (Å²) in [5.74, 6) is 0. The normalized spacial score (nSPS) is 12.2. The molecule has 1 atom stereocenters. The van der Waals surface area contributed by atoms with E-state index in [1.165, 1.54) is 3.57 Å². The lowest BCUT2D eigenvalue weighted by Gasteiger charge is -2.16. The van der Waals surface area contributed by atoms with Gasteiger partial charge >= 0.3 is 0 Å². The molecular formula is C14H12Cl2IN. The van der Waals surface area contributed by atoms with Gasteiger partial charge in [-0.25, -0.2) is 0 Å². The van der Waals surface area contributed by atoms with E-state index in [4.69, 9.17) is 23.2 Å². The second-order valence-corrected chi connectivity index (χ2v) is 6.11. The highest BCUT2D eigenvalue weighted by atomic mass is 127. The van der Waals surface area contributed by atoms with Crippen molar-refractivity contribution in [1.29, 1.82) is 0 Å². The first-order valence-electron chi connectivity index (χ1n) is 5.53. The van der Waals surface area contributed by atoms with Gasteiger partial charge in [-0.2, -0.15) is 0 Å². The molecule has 0 saturated carbocycles. The van der Waals surface area contributed by atoms with Crippen LogP contribution in [0.5, 0.6) is 0 Å². The summed E-state index contributed by atoms with van der Waals surface area (Å²) in [6, 6.07) is 14.1. The third-order valence-electron chi connectivity index (χ3n) is 2.65. The number of nitrogens with one attached hydrogen (secondary N) is 1. The smallest absolute Gasteiger partial charge is 0.0595 e. The van der Waals surface area contributed by atoms with E-state index in [1.807, 2.05) is 24.3 Å². The number of halogens is 3. The van der Waals surface area contributed by atoms with Gasteiger partial charge in [-0.1, -0.05) is 35.3 Å². The molecule has 0 aliphatic heterocycles. The third-order valence-corrected chi connectivity index (χ3v) is 4.06. The molecule has 2 aromatic carbocycles. The topological polar surface area (TPSA) is 12.0 Å². The van der Waals surface area contributed by atoms with Crippen LogP contribution in [-0.2, 0) is 0 Å². The number of anilines is 1. The van der Waals surface area contributed by atoms with Crippen molar-refractivity contribution in [3.8, 4) is 0 Å². The van der Waals surface area contributed by atoms with E-state index in [1.54, 1.807) is 0 Å². The highest BCUT2D eigenvalue weighted by Crippen LogP contribution is 2.27. The molecule has 2 aromatic rings. The molecule has 0 spiro atoms. The van der Waals surface area contributed by atoms with Crippen molar-refractivity contribution in [1.82, 2.24) is 0 Å². The van der Waals surface area contributed by atoms with Crippen molar-refractivity contribution in [3.05, 3.63) is 61.6 Å². The van der Waals surface area contributed by atoms with Crippen molar-refractivity contribution in [3.63, 3.8) is 0 Å². The van der Waals surface area contributed by atoms with Gasteiger partial charge in [0.25, 0.3) is 0 Å². The minimum Gasteiger partial charge on any atom is -0.378 e. The Morgan fingerprint density at radius 1 is 1.06 bits per heavy atom. The van der Waals surface area contributed by atoms with E-state index in [2.05, 4.69) is 53.0 Å². The van der Waals surface area contributed by atoms with Crippen LogP contribution < -0.4 is 5.32 Å². The van der Waals surface area contributed by atoms with Crippen molar-refractivity contribution in [2.24, 2.45) is 0 Å². The fraction of sp³-hybridized carbons (Fsp3) is 0.143. The van der Waals surface area contributed by atoms with Crippen LogP contribution in [0.25, 0.3) is 0 Å². The predicted molar refractivity (Wildman–Crippen MR) is 87.7 cm³/mol. The molecule has 0 aromatic heterocycles. The molecule has 0 radical (unpaired) electrons. The van der Waals surface area contributed by atoms with Gasteiger partial charge in [0.15, 0.2) is 0 Å². The van der Waals surface area contributed by atoms with Gasteiger partial charge in [0, 0.05) is 15.3 Å². The van der Waals surface area contributed by atoms with Crippen LogP contribution in [0, 0.1) is 3.57 Å². The molecule has 0 heterocycles. The number of rotatable bonds is 3. The quantitative estimate of drug-likeness (QED) is 0.654. The van der Waals surface area contributed by atoms with E-state index < -0.39 is 0 Å². The zero-order valence-corrected chi connectivity index (χ0v) is 13.4. The molecule has 2 rings (SSSR count). The van der Waals surface area contributed by atoms with Crippen molar-refractivity contribution < 1.29 is 0 Å². The molecule has 1 unspecified atom stereocenters. The summed E-state index contributed by atoms with van der Waals surface area (Å²) in [6.07, 6.45) is 0. The highest BCUT2D eigenvalue weighted by Gasteiger charge is 2.07. The van der Waals surface area contributed by atoms with Crippen LogP contribution in [0.2, 0.25) is 10.0 Å². The summed E-state index contributed by atoms with van der Waals surface area (Å²) in [5.41, 5.74) is 2.21. The molecule has 0 saturated heterocycles. The Balaban J connectivity index is 2.16. The van der Waals surface area contributed by atoms with Gasteiger partial charge in [-0.3, -0.25) is 0 Å². The summed E-state index contributed by atoms with van der Waals surface area (Å²) < 4.78 is 1.21. The molecule has 0 aliphatic rings. The van der Waals surface area contributed by atoms with Gasteiger partial charge < -0.3 is 5.32 Å². The summed E-state index contributed by atoms with van der Waals surface area (Å²) in [5, 5.41) is 4.61. The minimum atomic E-state index is 0.179. The summed E-state index contributed by atoms with van der Waals surface area (Å²) in [7, 11) is 0. The Labute approximate surface area is 131 Å². The minimum absolute atomic E-state index is 0.179. The molecule has 1 N–H and O–H groups in total. The molecule has 0 aliphatic carbocycles. The van der Waals surface area contributed by atoms with Crippen LogP contribution >= 0.6 is 45.8 Å². The van der Waals surface area contributed by atoms with Gasteiger partial charge in [0.2, 0.25) is 0 Å². The Bertz CT molecular complexity index is 557. The lowest BCUT2D eigenvalue weighted by molar-refractivity contribution is 0.885. The van der Waals surface area contributed by atoms with Gasteiger partial charge in [0.1, 0.15) is 0 Å². The molecule has 4 heteroatoms. The Morgan fingerprint density at radius 2 is 1.83 bits per heavy atom. The average molecular weight is 392 g/mol. The highest BCUT2D eigenvalue weighted by molar-refractivity contribution is 14.1. The average Bonchev–Trinajstić information content (AvgIpc) is 2.32. The molecule has 0 amide bonds. The van der Waals surface area contributed by atoms with Crippen LogP contribution in [0.3, 0.4) is 0 Å². The van der Waals surface area contributed by atoms with Crippen molar-refractivity contribution in [2.75, 3.05) is 5.32 Å². The monoisotopic (exact) mass is 391 g/mol. The Hall–Kier alpha value is -0.450.